The molecule has 34 heavy (non-hydrogen) atoms. The largest absolute Gasteiger partial charge is 0.494 e. The van der Waals surface area contributed by atoms with E-state index in [0.29, 0.717) is 18.8 Å². The van der Waals surface area contributed by atoms with Gasteiger partial charge in [-0.3, -0.25) is 9.78 Å². The molecule has 1 N–H and O–H groups in total. The van der Waals surface area contributed by atoms with Crippen LogP contribution in [0.15, 0.2) is 60.8 Å². The number of aromatic nitrogens is 3. The maximum atomic E-state index is 12.2. The average molecular weight is 477 g/mol. The number of carbonyl (C=O) groups excluding carboxylic acids is 1. The lowest BCUT2D eigenvalue weighted by Crippen LogP contribution is -2.25. The first-order valence-corrected chi connectivity index (χ1v) is 11.9. The average Bonchev–Trinajstić information content (AvgIpc) is 3.20. The maximum Gasteiger partial charge on any atom is 0.269 e. The highest BCUT2D eigenvalue weighted by molar-refractivity contribution is 6.32. The van der Waals surface area contributed by atoms with Crippen LogP contribution >= 0.6 is 11.6 Å². The minimum absolute atomic E-state index is 0.154. The predicted molar refractivity (Wildman–Crippen MR) is 136 cm³/mol. The third kappa shape index (κ3) is 5.75. The minimum Gasteiger partial charge on any atom is -0.494 e. The highest BCUT2D eigenvalue weighted by Gasteiger charge is 2.11. The van der Waals surface area contributed by atoms with Crippen molar-refractivity contribution in [2.24, 2.45) is 0 Å². The van der Waals surface area contributed by atoms with E-state index in [9.17, 15) is 4.79 Å². The van der Waals surface area contributed by atoms with Gasteiger partial charge < -0.3 is 14.6 Å². The molecule has 0 fully saturated rings. The first kappa shape index (κ1) is 23.8. The van der Waals surface area contributed by atoms with Crippen LogP contribution in [-0.4, -0.2) is 33.6 Å². The predicted octanol–water partition coefficient (Wildman–Crippen LogP) is 5.53. The molecule has 0 aliphatic carbocycles. The zero-order chi connectivity index (χ0) is 23.9. The van der Waals surface area contributed by atoms with E-state index in [1.165, 1.54) is 0 Å². The molecule has 0 aliphatic heterocycles. The van der Waals surface area contributed by atoms with Crippen LogP contribution in [0.5, 0.6) is 5.75 Å². The fourth-order valence-corrected chi connectivity index (χ4v) is 4.11. The molecule has 0 spiro atoms. The van der Waals surface area contributed by atoms with Gasteiger partial charge in [0, 0.05) is 30.7 Å². The van der Waals surface area contributed by atoms with Gasteiger partial charge >= 0.3 is 0 Å². The summed E-state index contributed by atoms with van der Waals surface area (Å²) >= 11 is 6.26. The van der Waals surface area contributed by atoms with Crippen molar-refractivity contribution >= 4 is 28.5 Å². The lowest BCUT2D eigenvalue weighted by atomic mass is 10.1. The molecule has 1 amide bonds. The van der Waals surface area contributed by atoms with Crippen molar-refractivity contribution in [2.45, 2.75) is 39.7 Å². The van der Waals surface area contributed by atoms with Gasteiger partial charge in [0.25, 0.3) is 5.91 Å². The van der Waals surface area contributed by atoms with E-state index < -0.39 is 0 Å². The van der Waals surface area contributed by atoms with Gasteiger partial charge in [-0.05, 0) is 74.2 Å². The Morgan fingerprint density at radius 1 is 1.06 bits per heavy atom. The number of para-hydroxylation sites is 2. The molecule has 0 saturated carbocycles. The summed E-state index contributed by atoms with van der Waals surface area (Å²) in [6.45, 7) is 5.96. The Kier molecular flexibility index (Phi) is 7.80. The molecule has 2 aromatic heterocycles. The molecule has 0 bridgehead atoms. The zero-order valence-electron chi connectivity index (χ0n) is 19.6. The number of ether oxygens (including phenoxy) is 1. The summed E-state index contributed by atoms with van der Waals surface area (Å²) < 4.78 is 8.26. The van der Waals surface area contributed by atoms with Gasteiger partial charge in [-0.1, -0.05) is 29.8 Å². The summed E-state index contributed by atoms with van der Waals surface area (Å²) in [5, 5.41) is 3.73. The van der Waals surface area contributed by atoms with Crippen molar-refractivity contribution in [3.05, 3.63) is 88.5 Å². The van der Waals surface area contributed by atoms with E-state index in [4.69, 9.17) is 21.3 Å². The normalized spacial score (nSPS) is 11.0. The molecule has 4 rings (SSSR count). The summed E-state index contributed by atoms with van der Waals surface area (Å²) in [7, 11) is 0. The number of hydrogen-bond donors (Lipinski definition) is 1. The molecule has 176 valence electrons. The first-order chi connectivity index (χ1) is 16.5. The molecule has 0 atom stereocenters. The van der Waals surface area contributed by atoms with E-state index in [1.54, 1.807) is 18.3 Å². The number of imidazole rings is 1. The fourth-order valence-electron chi connectivity index (χ4n) is 4.00. The number of benzene rings is 2. The monoisotopic (exact) mass is 476 g/mol. The lowest BCUT2D eigenvalue weighted by molar-refractivity contribution is 0.0948. The van der Waals surface area contributed by atoms with Gasteiger partial charge in [-0.2, -0.15) is 0 Å². The third-order valence-corrected chi connectivity index (χ3v) is 6.29. The number of hydrogen-bond acceptors (Lipinski definition) is 4. The van der Waals surface area contributed by atoms with Crippen molar-refractivity contribution in [1.29, 1.82) is 0 Å². The number of amides is 1. The highest BCUT2D eigenvalue weighted by Crippen LogP contribution is 2.26. The number of rotatable bonds is 10. The van der Waals surface area contributed by atoms with Crippen LogP contribution in [0.2, 0.25) is 5.02 Å². The van der Waals surface area contributed by atoms with E-state index in [-0.39, 0.29) is 5.91 Å². The van der Waals surface area contributed by atoms with Crippen LogP contribution in [0.1, 0.15) is 40.3 Å². The van der Waals surface area contributed by atoms with Crippen LogP contribution < -0.4 is 10.1 Å². The molecule has 2 aromatic carbocycles. The first-order valence-electron chi connectivity index (χ1n) is 11.6. The second kappa shape index (κ2) is 11.2. The number of halogens is 1. The Morgan fingerprint density at radius 3 is 2.59 bits per heavy atom. The van der Waals surface area contributed by atoms with Gasteiger partial charge in [0.15, 0.2) is 0 Å². The van der Waals surface area contributed by atoms with Crippen LogP contribution in [0, 0.1) is 13.8 Å². The summed E-state index contributed by atoms with van der Waals surface area (Å²) in [6.07, 6.45) is 4.04. The quantitative estimate of drug-likeness (QED) is 0.305. The van der Waals surface area contributed by atoms with Crippen molar-refractivity contribution in [2.75, 3.05) is 13.2 Å². The number of nitrogens with zero attached hydrogens (tertiary/aromatic N) is 3. The number of fused-ring (bicyclic) bond motifs is 1. The minimum atomic E-state index is -0.154. The van der Waals surface area contributed by atoms with Crippen LogP contribution in [-0.2, 0) is 13.0 Å². The number of carbonyl (C=O) groups is 1. The third-order valence-electron chi connectivity index (χ3n) is 5.70. The summed E-state index contributed by atoms with van der Waals surface area (Å²) in [4.78, 5) is 21.1. The van der Waals surface area contributed by atoms with Gasteiger partial charge in [0.05, 0.1) is 17.6 Å². The molecule has 2 heterocycles. The van der Waals surface area contributed by atoms with E-state index >= 15 is 0 Å². The molecule has 6 nitrogen and oxygen atoms in total. The fraction of sp³-hybridized carbons (Fsp3) is 0.296. The number of nitrogens with one attached hydrogen (secondary N) is 1. The smallest absolute Gasteiger partial charge is 0.269 e. The van der Waals surface area contributed by atoms with Gasteiger partial charge in [0.1, 0.15) is 17.3 Å². The Morgan fingerprint density at radius 2 is 1.82 bits per heavy atom. The highest BCUT2D eigenvalue weighted by atomic mass is 35.5. The van der Waals surface area contributed by atoms with E-state index in [0.717, 1.165) is 64.6 Å². The lowest BCUT2D eigenvalue weighted by Gasteiger charge is -2.12. The maximum absolute atomic E-state index is 12.2. The second-order valence-electron chi connectivity index (χ2n) is 8.32. The molecular weight excluding hydrogens is 448 g/mol. The Hall–Kier alpha value is -3.38. The van der Waals surface area contributed by atoms with Gasteiger partial charge in [0.2, 0.25) is 0 Å². The summed E-state index contributed by atoms with van der Waals surface area (Å²) in [5.41, 5.74) is 4.58. The molecule has 4 aromatic rings. The zero-order valence-corrected chi connectivity index (χ0v) is 20.3. The Balaban J connectivity index is 1.34. The molecule has 0 radical (unpaired) electrons. The molecule has 0 aliphatic rings. The summed E-state index contributed by atoms with van der Waals surface area (Å²) in [6, 6.07) is 17.4. The van der Waals surface area contributed by atoms with Gasteiger partial charge in [-0.15, -0.1) is 0 Å². The van der Waals surface area contributed by atoms with E-state index in [1.807, 2.05) is 50.2 Å². The van der Waals surface area contributed by atoms with Crippen LogP contribution in [0.25, 0.3) is 11.0 Å². The van der Waals surface area contributed by atoms with Crippen molar-refractivity contribution < 1.29 is 9.53 Å². The number of aryl methyl sites for hydroxylation is 4. The van der Waals surface area contributed by atoms with Crippen molar-refractivity contribution in [1.82, 2.24) is 19.9 Å². The molecule has 7 heteroatoms. The second-order valence-corrected chi connectivity index (χ2v) is 8.69. The van der Waals surface area contributed by atoms with Crippen LogP contribution in [0.3, 0.4) is 0 Å². The van der Waals surface area contributed by atoms with Crippen molar-refractivity contribution in [3.63, 3.8) is 0 Å². The molecule has 0 unspecified atom stereocenters. The Bertz CT molecular complexity index is 1250. The number of pyridine rings is 1. The van der Waals surface area contributed by atoms with Crippen LogP contribution in [0.4, 0.5) is 0 Å². The topological polar surface area (TPSA) is 69.0 Å². The summed E-state index contributed by atoms with van der Waals surface area (Å²) in [5.74, 6) is 1.71. The standard InChI is InChI=1S/C27H29ClN4O2/c1-19-17-21(18-20(2)26(19)28)34-16-8-15-32-24-11-4-3-9-22(24)31-25(32)12-7-14-30-27(33)23-10-5-6-13-29-23/h3-6,9-11,13,17-18H,7-8,12,14-16H2,1-2H3,(H,30,33). The molecule has 0 saturated heterocycles. The van der Waals surface area contributed by atoms with Crippen molar-refractivity contribution in [3.8, 4) is 5.75 Å². The SMILES string of the molecule is Cc1cc(OCCCn2c(CCCNC(=O)c3ccccn3)nc3ccccc32)cc(C)c1Cl. The Labute approximate surface area is 204 Å². The van der Waals surface area contributed by atoms with E-state index in [2.05, 4.69) is 20.9 Å². The van der Waals surface area contributed by atoms with Gasteiger partial charge in [-0.25, -0.2) is 4.98 Å². The molecular formula is C27H29ClN4O2.